The molecule has 0 spiro atoms. The van der Waals surface area contributed by atoms with Gasteiger partial charge in [0.1, 0.15) is 0 Å². The molecule has 1 atom stereocenters. The monoisotopic (exact) mass is 347 g/mol. The van der Waals surface area contributed by atoms with Crippen LogP contribution in [0, 0.1) is 11.8 Å². The highest BCUT2D eigenvalue weighted by Gasteiger charge is 2.35. The van der Waals surface area contributed by atoms with Gasteiger partial charge >= 0.3 is 0 Å². The maximum Gasteiger partial charge on any atom is 0.238 e. The van der Waals surface area contributed by atoms with E-state index in [-0.39, 0.29) is 17.9 Å². The highest BCUT2D eigenvalue weighted by Crippen LogP contribution is 2.32. The lowest BCUT2D eigenvalue weighted by Gasteiger charge is -2.34. The zero-order valence-corrected chi connectivity index (χ0v) is 15.4. The molecule has 1 N–H and O–H groups in total. The van der Waals surface area contributed by atoms with Crippen LogP contribution >= 0.6 is 0 Å². The van der Waals surface area contributed by atoms with Crippen molar-refractivity contribution in [3.8, 4) is 0 Å². The lowest BCUT2D eigenvalue weighted by molar-refractivity contribution is -0.133. The Morgan fingerprint density at radius 2 is 2.16 bits per heavy atom. The molecular weight excluding hydrogens is 318 g/mol. The minimum atomic E-state index is -0.0569. The van der Waals surface area contributed by atoms with Crippen LogP contribution in [0.4, 0.5) is 5.69 Å². The highest BCUT2D eigenvalue weighted by molar-refractivity contribution is 5.92. The van der Waals surface area contributed by atoms with Crippen molar-refractivity contribution in [1.29, 1.82) is 0 Å². The lowest BCUT2D eigenvalue weighted by atomic mass is 10.0. The summed E-state index contributed by atoms with van der Waals surface area (Å²) in [7, 11) is 1.82. The fourth-order valence-corrected chi connectivity index (χ4v) is 3.46. The number of nitrogens with zero attached hydrogens (tertiary/aromatic N) is 4. The third-order valence-corrected chi connectivity index (χ3v) is 5.09. The second-order valence-electron chi connectivity index (χ2n) is 7.74. The molecule has 1 saturated heterocycles. The van der Waals surface area contributed by atoms with E-state index in [4.69, 9.17) is 0 Å². The molecule has 3 rings (SSSR count). The second-order valence-corrected chi connectivity index (χ2v) is 7.74. The quantitative estimate of drug-likeness (QED) is 0.843. The Hall–Kier alpha value is -1.89. The van der Waals surface area contributed by atoms with Crippen molar-refractivity contribution in [1.82, 2.24) is 19.6 Å². The van der Waals surface area contributed by atoms with Gasteiger partial charge in [-0.2, -0.15) is 5.10 Å². The maximum atomic E-state index is 12.6. The van der Waals surface area contributed by atoms with Crippen molar-refractivity contribution in [2.45, 2.75) is 39.2 Å². The van der Waals surface area contributed by atoms with Gasteiger partial charge in [-0.1, -0.05) is 13.8 Å². The number of carbonyl (C=O) groups is 2. The summed E-state index contributed by atoms with van der Waals surface area (Å²) >= 11 is 0. The Morgan fingerprint density at radius 3 is 2.76 bits per heavy atom. The van der Waals surface area contributed by atoms with Gasteiger partial charge in [-0.15, -0.1) is 0 Å². The fraction of sp³-hybridized carbons (Fsp3) is 0.722. The van der Waals surface area contributed by atoms with Gasteiger partial charge in [0, 0.05) is 45.3 Å². The number of rotatable bonds is 6. The summed E-state index contributed by atoms with van der Waals surface area (Å²) in [6.07, 6.45) is 6.39. The van der Waals surface area contributed by atoms with E-state index < -0.39 is 0 Å². The van der Waals surface area contributed by atoms with Crippen LogP contribution in [0.15, 0.2) is 12.4 Å². The molecule has 0 bridgehead atoms. The van der Waals surface area contributed by atoms with Gasteiger partial charge in [0.2, 0.25) is 11.8 Å². The lowest BCUT2D eigenvalue weighted by Crippen LogP contribution is -2.48. The Kier molecular flexibility index (Phi) is 5.42. The molecule has 1 aromatic rings. The van der Waals surface area contributed by atoms with Crippen LogP contribution in [-0.4, -0.2) is 63.6 Å². The maximum absolute atomic E-state index is 12.6. The summed E-state index contributed by atoms with van der Waals surface area (Å²) < 4.78 is 1.66. The van der Waals surface area contributed by atoms with Gasteiger partial charge in [0.05, 0.1) is 18.4 Å². The van der Waals surface area contributed by atoms with Crippen molar-refractivity contribution < 1.29 is 9.59 Å². The summed E-state index contributed by atoms with van der Waals surface area (Å²) in [6, 6.07) is 0.182. The number of hydrogen-bond acceptors (Lipinski definition) is 4. The van der Waals surface area contributed by atoms with Crippen LogP contribution < -0.4 is 5.32 Å². The third kappa shape index (κ3) is 4.81. The van der Waals surface area contributed by atoms with Crippen LogP contribution in [0.3, 0.4) is 0 Å². The topological polar surface area (TPSA) is 70.5 Å². The molecule has 7 heteroatoms. The minimum Gasteiger partial charge on any atom is -0.338 e. The first kappa shape index (κ1) is 17.9. The van der Waals surface area contributed by atoms with Gasteiger partial charge in [-0.05, 0) is 24.7 Å². The molecule has 7 nitrogen and oxygen atoms in total. The van der Waals surface area contributed by atoms with Gasteiger partial charge in [0.15, 0.2) is 0 Å². The van der Waals surface area contributed by atoms with Crippen molar-refractivity contribution in [3.05, 3.63) is 12.4 Å². The minimum absolute atomic E-state index is 0.0569. The van der Waals surface area contributed by atoms with Gasteiger partial charge < -0.3 is 10.2 Å². The Bertz CT molecular complexity index is 623. The molecule has 0 unspecified atom stereocenters. The van der Waals surface area contributed by atoms with Crippen LogP contribution in [0.2, 0.25) is 0 Å². The zero-order valence-electron chi connectivity index (χ0n) is 15.4. The summed E-state index contributed by atoms with van der Waals surface area (Å²) in [4.78, 5) is 29.1. The van der Waals surface area contributed by atoms with Crippen molar-refractivity contribution in [3.63, 3.8) is 0 Å². The number of carbonyl (C=O) groups excluding carboxylic acids is 2. The molecule has 25 heavy (non-hydrogen) atoms. The van der Waals surface area contributed by atoms with Crippen LogP contribution in [0.25, 0.3) is 0 Å². The van der Waals surface area contributed by atoms with E-state index in [2.05, 4.69) is 34.1 Å². The van der Waals surface area contributed by atoms with Gasteiger partial charge in [-0.25, -0.2) is 0 Å². The van der Waals surface area contributed by atoms with Crippen molar-refractivity contribution >= 4 is 17.5 Å². The van der Waals surface area contributed by atoms with Crippen LogP contribution in [-0.2, 0) is 16.6 Å². The predicted octanol–water partition coefficient (Wildman–Crippen LogP) is 1.33. The molecular formula is C18H29N5O2. The summed E-state index contributed by atoms with van der Waals surface area (Å²) in [5.41, 5.74) is 0.703. The number of anilines is 1. The summed E-state index contributed by atoms with van der Waals surface area (Å²) in [5.74, 6) is 1.25. The first-order chi connectivity index (χ1) is 11.9. The van der Waals surface area contributed by atoms with E-state index in [1.165, 1.54) is 12.8 Å². The summed E-state index contributed by atoms with van der Waals surface area (Å²) in [5, 5.41) is 6.93. The molecule has 2 fully saturated rings. The Morgan fingerprint density at radius 1 is 1.40 bits per heavy atom. The van der Waals surface area contributed by atoms with E-state index in [9.17, 15) is 9.59 Å². The molecule has 1 aromatic heterocycles. The van der Waals surface area contributed by atoms with Gasteiger partial charge in [0.25, 0.3) is 0 Å². The van der Waals surface area contributed by atoms with Crippen LogP contribution in [0.5, 0.6) is 0 Å². The standard InChI is InChI=1S/C18H29N5O2/c1-13(2)16-11-22(7-6-18(25)23(16)9-14-4-5-14)12-17(24)20-15-8-19-21(3)10-15/h8,10,13-14,16H,4-7,9,11-12H2,1-3H3,(H,20,24)/t16-/m1/s1. The van der Waals surface area contributed by atoms with E-state index in [1.54, 1.807) is 17.1 Å². The Labute approximate surface area is 149 Å². The number of amides is 2. The predicted molar refractivity (Wildman–Crippen MR) is 96.0 cm³/mol. The number of hydrogen-bond donors (Lipinski definition) is 1. The average Bonchev–Trinajstić information content (AvgIpc) is 3.30. The van der Waals surface area contributed by atoms with Crippen LogP contribution in [0.1, 0.15) is 33.1 Å². The van der Waals surface area contributed by atoms with E-state index >= 15 is 0 Å². The molecule has 1 saturated carbocycles. The molecule has 2 heterocycles. The molecule has 0 radical (unpaired) electrons. The number of aryl methyl sites for hydroxylation is 1. The van der Waals surface area contributed by atoms with Crippen molar-refractivity contribution in [2.75, 3.05) is 31.5 Å². The largest absolute Gasteiger partial charge is 0.338 e. The number of nitrogens with one attached hydrogen (secondary N) is 1. The smallest absolute Gasteiger partial charge is 0.238 e. The summed E-state index contributed by atoms with van der Waals surface area (Å²) in [6.45, 7) is 6.93. The molecule has 138 valence electrons. The van der Waals surface area contributed by atoms with E-state index in [1.807, 2.05) is 7.05 Å². The van der Waals surface area contributed by atoms with E-state index in [0.717, 1.165) is 13.1 Å². The zero-order chi connectivity index (χ0) is 18.0. The first-order valence-electron chi connectivity index (χ1n) is 9.22. The molecule has 1 aliphatic carbocycles. The Balaban J connectivity index is 1.61. The molecule has 0 aromatic carbocycles. The second kappa shape index (κ2) is 7.56. The fourth-order valence-electron chi connectivity index (χ4n) is 3.46. The number of aromatic nitrogens is 2. The first-order valence-corrected chi connectivity index (χ1v) is 9.22. The molecule has 1 aliphatic heterocycles. The van der Waals surface area contributed by atoms with Crippen molar-refractivity contribution in [2.24, 2.45) is 18.9 Å². The molecule has 2 amide bonds. The SMILES string of the molecule is CC(C)[C@H]1CN(CC(=O)Nc2cnn(C)c2)CCC(=O)N1CC1CC1. The van der Waals surface area contributed by atoms with E-state index in [0.29, 0.717) is 37.0 Å². The van der Waals surface area contributed by atoms with Gasteiger partial charge in [-0.3, -0.25) is 19.2 Å². The highest BCUT2D eigenvalue weighted by atomic mass is 16.2. The normalized spacial score (nSPS) is 22.3. The molecule has 2 aliphatic rings. The third-order valence-electron chi connectivity index (χ3n) is 5.09. The average molecular weight is 347 g/mol.